The van der Waals surface area contributed by atoms with Crippen molar-refractivity contribution in [1.29, 1.82) is 0 Å². The van der Waals surface area contributed by atoms with Crippen molar-refractivity contribution in [3.63, 3.8) is 0 Å². The van der Waals surface area contributed by atoms with Crippen LogP contribution in [0.25, 0.3) is 22.2 Å². The number of para-hydroxylation sites is 2. The minimum atomic E-state index is -0.326. The van der Waals surface area contributed by atoms with Gasteiger partial charge >= 0.3 is 0 Å². The first-order chi connectivity index (χ1) is 16.9. The van der Waals surface area contributed by atoms with Crippen LogP contribution in [0.2, 0.25) is 0 Å². The third kappa shape index (κ3) is 4.42. The molecule has 0 bridgehead atoms. The van der Waals surface area contributed by atoms with E-state index in [2.05, 4.69) is 10.4 Å². The fourth-order valence-electron chi connectivity index (χ4n) is 3.69. The summed E-state index contributed by atoms with van der Waals surface area (Å²) in [7, 11) is 4.62. The van der Waals surface area contributed by atoms with Gasteiger partial charge in [0.25, 0.3) is 5.91 Å². The monoisotopic (exact) mass is 476 g/mol. The van der Waals surface area contributed by atoms with E-state index in [0.29, 0.717) is 45.0 Å². The van der Waals surface area contributed by atoms with E-state index in [1.54, 1.807) is 32.6 Å². The number of anilines is 1. The Kier molecular flexibility index (Phi) is 6.72. The number of carbonyl (C=O) groups excluding carboxylic acids is 1. The van der Waals surface area contributed by atoms with Crippen molar-refractivity contribution >= 4 is 40.1 Å². The summed E-state index contributed by atoms with van der Waals surface area (Å²) in [6, 6.07) is 10.9. The van der Waals surface area contributed by atoms with E-state index in [1.807, 2.05) is 38.1 Å². The van der Waals surface area contributed by atoms with Crippen LogP contribution in [0, 0.1) is 0 Å². The molecule has 182 valence electrons. The van der Waals surface area contributed by atoms with Crippen molar-refractivity contribution in [2.24, 2.45) is 5.10 Å². The van der Waals surface area contributed by atoms with Crippen LogP contribution in [-0.2, 0) is 0 Å². The summed E-state index contributed by atoms with van der Waals surface area (Å²) in [4.78, 5) is 22.5. The van der Waals surface area contributed by atoms with Gasteiger partial charge in [-0.25, -0.2) is 9.97 Å². The molecular formula is C25H28N6O4. The van der Waals surface area contributed by atoms with Crippen LogP contribution in [-0.4, -0.2) is 54.1 Å². The number of hydrogen-bond acceptors (Lipinski definition) is 8. The van der Waals surface area contributed by atoms with Gasteiger partial charge < -0.3 is 25.3 Å². The van der Waals surface area contributed by atoms with Gasteiger partial charge in [0, 0.05) is 11.6 Å². The summed E-state index contributed by atoms with van der Waals surface area (Å²) in [6.45, 7) is 3.92. The number of nitrogens with one attached hydrogen (secondary N) is 1. The number of rotatable bonds is 8. The van der Waals surface area contributed by atoms with Crippen LogP contribution >= 0.6 is 0 Å². The van der Waals surface area contributed by atoms with Gasteiger partial charge in [-0.2, -0.15) is 9.78 Å². The number of fused-ring (bicyclic) bond motifs is 2. The molecule has 4 rings (SSSR count). The lowest BCUT2D eigenvalue weighted by Crippen LogP contribution is -2.32. The van der Waals surface area contributed by atoms with E-state index in [4.69, 9.17) is 29.9 Å². The van der Waals surface area contributed by atoms with Crippen LogP contribution in [0.15, 0.2) is 41.5 Å². The Morgan fingerprint density at radius 2 is 1.74 bits per heavy atom. The molecule has 35 heavy (non-hydrogen) atoms. The summed E-state index contributed by atoms with van der Waals surface area (Å²) in [6.07, 6.45) is 2.35. The zero-order chi connectivity index (χ0) is 25.1. The Morgan fingerprint density at radius 1 is 1.11 bits per heavy atom. The molecule has 2 aromatic heterocycles. The molecule has 1 amide bonds. The maximum absolute atomic E-state index is 13.1. The fraction of sp³-hybridized carbons (Fsp3) is 0.280. The second-order valence-electron chi connectivity index (χ2n) is 7.94. The Morgan fingerprint density at radius 3 is 2.31 bits per heavy atom. The van der Waals surface area contributed by atoms with Gasteiger partial charge in [-0.05, 0) is 37.6 Å². The van der Waals surface area contributed by atoms with E-state index in [0.717, 1.165) is 6.42 Å². The van der Waals surface area contributed by atoms with Crippen molar-refractivity contribution < 1.29 is 19.0 Å². The highest BCUT2D eigenvalue weighted by atomic mass is 16.5. The number of nitrogen functional groups attached to an aromatic ring is 1. The second kappa shape index (κ2) is 9.88. The molecule has 0 unspecified atom stereocenters. The summed E-state index contributed by atoms with van der Waals surface area (Å²) < 4.78 is 17.6. The van der Waals surface area contributed by atoms with E-state index < -0.39 is 0 Å². The van der Waals surface area contributed by atoms with Gasteiger partial charge in [-0.1, -0.05) is 19.1 Å². The first kappa shape index (κ1) is 23.8. The number of carbonyl (C=O) groups is 1. The Hall–Kier alpha value is -4.34. The molecule has 0 aliphatic carbocycles. The first-order valence-corrected chi connectivity index (χ1v) is 11.1. The minimum absolute atomic E-state index is 0.0311. The van der Waals surface area contributed by atoms with Gasteiger partial charge in [-0.3, -0.25) is 4.79 Å². The molecule has 2 aromatic carbocycles. The lowest BCUT2D eigenvalue weighted by molar-refractivity contribution is 0.0941. The number of amides is 1. The average Bonchev–Trinajstić information content (AvgIpc) is 3.14. The maximum atomic E-state index is 13.1. The molecule has 10 heteroatoms. The van der Waals surface area contributed by atoms with Crippen molar-refractivity contribution in [3.8, 4) is 17.2 Å². The molecule has 4 aromatic rings. The van der Waals surface area contributed by atoms with Gasteiger partial charge in [0.15, 0.2) is 17.1 Å². The maximum Gasteiger partial charge on any atom is 0.257 e. The third-order valence-electron chi connectivity index (χ3n) is 5.70. The van der Waals surface area contributed by atoms with E-state index in [-0.39, 0.29) is 23.3 Å². The first-order valence-electron chi connectivity index (χ1n) is 11.1. The molecule has 1 atom stereocenters. The zero-order valence-electron chi connectivity index (χ0n) is 20.3. The normalized spacial score (nSPS) is 12.3. The lowest BCUT2D eigenvalue weighted by atomic mass is 10.2. The number of methoxy groups -OCH3 is 3. The van der Waals surface area contributed by atoms with Crippen LogP contribution < -0.4 is 25.3 Å². The Labute approximate surface area is 202 Å². The summed E-state index contributed by atoms with van der Waals surface area (Å²) >= 11 is 0. The highest BCUT2D eigenvalue weighted by Crippen LogP contribution is 2.38. The van der Waals surface area contributed by atoms with Crippen LogP contribution in [0.4, 0.5) is 5.82 Å². The molecule has 0 aliphatic rings. The summed E-state index contributed by atoms with van der Waals surface area (Å²) in [5.41, 5.74) is 9.43. The summed E-state index contributed by atoms with van der Waals surface area (Å²) in [5.74, 6) is 1.25. The number of aromatic nitrogens is 3. The smallest absolute Gasteiger partial charge is 0.257 e. The Balaban J connectivity index is 1.89. The zero-order valence-corrected chi connectivity index (χ0v) is 20.3. The lowest BCUT2D eigenvalue weighted by Gasteiger charge is -2.12. The van der Waals surface area contributed by atoms with Gasteiger partial charge in [0.05, 0.1) is 38.6 Å². The molecule has 0 fully saturated rings. The van der Waals surface area contributed by atoms with E-state index >= 15 is 0 Å². The average molecular weight is 477 g/mol. The molecule has 0 aliphatic heterocycles. The van der Waals surface area contributed by atoms with Crippen molar-refractivity contribution in [2.45, 2.75) is 26.3 Å². The topological polar surface area (TPSA) is 126 Å². The Bertz CT molecular complexity index is 1400. The van der Waals surface area contributed by atoms with Crippen LogP contribution in [0.5, 0.6) is 17.2 Å². The summed E-state index contributed by atoms with van der Waals surface area (Å²) in [5, 5.41) is 7.51. The molecule has 0 radical (unpaired) electrons. The van der Waals surface area contributed by atoms with Crippen molar-refractivity contribution in [1.82, 2.24) is 20.0 Å². The largest absolute Gasteiger partial charge is 0.493 e. The fourth-order valence-corrected chi connectivity index (χ4v) is 3.69. The predicted octanol–water partition coefficient (Wildman–Crippen LogP) is 3.60. The SMILES string of the molecule is CC[C@H](C)NC(=O)c1c(N)n(/N=C\c2cc(OC)c(OC)c(OC)c2)c2nc3ccccc3nc12. The molecular weight excluding hydrogens is 448 g/mol. The minimum Gasteiger partial charge on any atom is -0.493 e. The number of ether oxygens (including phenoxy) is 3. The third-order valence-corrected chi connectivity index (χ3v) is 5.70. The van der Waals surface area contributed by atoms with Crippen LogP contribution in [0.3, 0.4) is 0 Å². The van der Waals surface area contributed by atoms with E-state index in [1.165, 1.54) is 11.8 Å². The predicted molar refractivity (Wildman–Crippen MR) is 136 cm³/mol. The standard InChI is InChI=1S/C25H28N6O4/c1-6-14(2)28-25(32)20-21-24(30-17-10-8-7-9-16(17)29-21)31(23(20)26)27-13-15-11-18(33-3)22(35-5)19(12-15)34-4/h7-14H,6,26H2,1-5H3,(H,28,32)/b27-13-/t14-/m0/s1. The molecule has 0 saturated heterocycles. The molecule has 10 nitrogen and oxygen atoms in total. The number of benzene rings is 2. The second-order valence-corrected chi connectivity index (χ2v) is 7.94. The molecule has 3 N–H and O–H groups in total. The molecule has 0 saturated carbocycles. The van der Waals surface area contributed by atoms with Crippen molar-refractivity contribution in [3.05, 3.63) is 47.5 Å². The highest BCUT2D eigenvalue weighted by molar-refractivity contribution is 6.10. The number of nitrogens with zero attached hydrogens (tertiary/aromatic N) is 4. The van der Waals surface area contributed by atoms with E-state index in [9.17, 15) is 4.79 Å². The highest BCUT2D eigenvalue weighted by Gasteiger charge is 2.25. The number of nitrogens with two attached hydrogens (primary N) is 1. The van der Waals surface area contributed by atoms with Crippen LogP contribution in [0.1, 0.15) is 36.2 Å². The van der Waals surface area contributed by atoms with Crippen molar-refractivity contribution in [2.75, 3.05) is 27.1 Å². The molecule has 2 heterocycles. The van der Waals surface area contributed by atoms with Gasteiger partial charge in [-0.15, -0.1) is 0 Å². The quantitative estimate of drug-likeness (QED) is 0.372. The molecule has 0 spiro atoms. The number of hydrogen-bond donors (Lipinski definition) is 2. The van der Waals surface area contributed by atoms with Gasteiger partial charge in [0.1, 0.15) is 16.9 Å². The van der Waals surface area contributed by atoms with Gasteiger partial charge in [0.2, 0.25) is 5.75 Å².